The number of halogens is 4. The van der Waals surface area contributed by atoms with Crippen LogP contribution in [-0.4, -0.2) is 59.6 Å². The number of aliphatic imine (C=N–C) groups is 1. The van der Waals surface area contributed by atoms with Crippen molar-refractivity contribution in [3.8, 4) is 0 Å². The maximum Gasteiger partial charge on any atom is 0.433 e. The average Bonchev–Trinajstić information content (AvgIpc) is 3.09. The Balaban J connectivity index is 0.00000363. The van der Waals surface area contributed by atoms with Gasteiger partial charge in [0.15, 0.2) is 5.96 Å². The lowest BCUT2D eigenvalue weighted by Crippen LogP contribution is -2.45. The number of benzene rings is 1. The summed E-state index contributed by atoms with van der Waals surface area (Å²) in [6, 6.07) is 12.0. The first kappa shape index (κ1) is 26.1. The molecule has 2 unspecified atom stereocenters. The normalized spacial score (nSPS) is 19.3. The molecule has 0 saturated carbocycles. The van der Waals surface area contributed by atoms with Gasteiger partial charge >= 0.3 is 6.18 Å². The zero-order chi connectivity index (χ0) is 22.3. The molecule has 0 amide bonds. The molecule has 0 bridgehead atoms. The lowest BCUT2D eigenvalue weighted by atomic mass is 10.2. The highest BCUT2D eigenvalue weighted by molar-refractivity contribution is 14.0. The predicted molar refractivity (Wildman–Crippen MR) is 130 cm³/mol. The van der Waals surface area contributed by atoms with E-state index in [9.17, 15) is 13.2 Å². The van der Waals surface area contributed by atoms with Gasteiger partial charge in [-0.1, -0.05) is 30.3 Å². The molecule has 1 saturated heterocycles. The van der Waals surface area contributed by atoms with Gasteiger partial charge in [-0.3, -0.25) is 9.89 Å². The zero-order valence-corrected chi connectivity index (χ0v) is 20.4. The maximum absolute atomic E-state index is 12.7. The van der Waals surface area contributed by atoms with Gasteiger partial charge in [0.2, 0.25) is 5.95 Å². The summed E-state index contributed by atoms with van der Waals surface area (Å²) in [6.45, 7) is 4.85. The van der Waals surface area contributed by atoms with Crippen LogP contribution in [0.4, 0.5) is 19.1 Å². The number of anilines is 1. The Bertz CT molecular complexity index is 864. The molecule has 1 aliphatic rings. The highest BCUT2D eigenvalue weighted by Crippen LogP contribution is 2.27. The van der Waals surface area contributed by atoms with Crippen LogP contribution in [0.25, 0.3) is 0 Å². The molecule has 1 fully saturated rings. The van der Waals surface area contributed by atoms with E-state index in [1.807, 2.05) is 6.07 Å². The second-order valence-corrected chi connectivity index (χ2v) is 7.53. The summed E-state index contributed by atoms with van der Waals surface area (Å²) in [5.74, 6) is 0.603. The largest absolute Gasteiger partial charge is 0.433 e. The summed E-state index contributed by atoms with van der Waals surface area (Å²) >= 11 is 0. The van der Waals surface area contributed by atoms with Crippen molar-refractivity contribution in [1.29, 1.82) is 0 Å². The van der Waals surface area contributed by atoms with Gasteiger partial charge in [-0.25, -0.2) is 9.97 Å². The molecule has 2 aromatic rings. The second kappa shape index (κ2) is 12.2. The number of nitrogens with zero attached hydrogens (tertiary/aromatic N) is 4. The Hall–Kier alpha value is -2.15. The van der Waals surface area contributed by atoms with Crippen molar-refractivity contribution in [2.24, 2.45) is 4.99 Å². The molecule has 1 aromatic heterocycles. The van der Waals surface area contributed by atoms with Crippen molar-refractivity contribution in [1.82, 2.24) is 25.5 Å². The Morgan fingerprint density at radius 3 is 2.62 bits per heavy atom. The summed E-state index contributed by atoms with van der Waals surface area (Å²) < 4.78 is 38.2. The molecular formula is C21H29F3IN7. The van der Waals surface area contributed by atoms with Crippen molar-refractivity contribution in [3.05, 3.63) is 53.9 Å². The van der Waals surface area contributed by atoms with Crippen LogP contribution in [0.15, 0.2) is 47.6 Å². The smallest absolute Gasteiger partial charge is 0.355 e. The molecule has 3 N–H and O–H groups in total. The summed E-state index contributed by atoms with van der Waals surface area (Å²) in [5, 5.41) is 9.40. The second-order valence-electron chi connectivity index (χ2n) is 7.53. The van der Waals surface area contributed by atoms with Crippen LogP contribution in [0.3, 0.4) is 0 Å². The standard InChI is InChI=1S/C21H28F3N7.HI/c1-15-12-17(14-31(15)13-16-6-4-3-5-7-16)29-19(25-2)27-10-11-28-20-26-9-8-18(30-20)21(22,23)24;/h3-9,15,17H,10-14H2,1-2H3,(H2,25,27,29)(H,26,28,30);1H. The van der Waals surface area contributed by atoms with Crippen molar-refractivity contribution in [2.45, 2.75) is 38.1 Å². The minimum atomic E-state index is -4.49. The molecule has 1 aliphatic heterocycles. The molecule has 1 aromatic carbocycles. The number of hydrogen-bond donors (Lipinski definition) is 3. The van der Waals surface area contributed by atoms with Crippen molar-refractivity contribution >= 4 is 35.9 Å². The summed E-state index contributed by atoms with van der Waals surface area (Å²) in [6.07, 6.45) is -2.39. The van der Waals surface area contributed by atoms with Gasteiger partial charge in [0.25, 0.3) is 0 Å². The number of likely N-dealkylation sites (tertiary alicyclic amines) is 1. The number of rotatable bonds is 7. The molecule has 2 atom stereocenters. The Kier molecular flexibility index (Phi) is 9.94. The fourth-order valence-corrected chi connectivity index (χ4v) is 3.59. The first-order chi connectivity index (χ1) is 14.8. The van der Waals surface area contributed by atoms with Gasteiger partial charge in [-0.05, 0) is 25.0 Å². The number of nitrogens with one attached hydrogen (secondary N) is 3. The van der Waals surface area contributed by atoms with Crippen molar-refractivity contribution in [3.63, 3.8) is 0 Å². The number of hydrogen-bond acceptors (Lipinski definition) is 5. The molecule has 0 aliphatic carbocycles. The molecular weight excluding hydrogens is 534 g/mol. The maximum atomic E-state index is 12.7. The van der Waals surface area contributed by atoms with Gasteiger partial charge in [0.1, 0.15) is 5.69 Å². The topological polar surface area (TPSA) is 77.5 Å². The lowest BCUT2D eigenvalue weighted by Gasteiger charge is -2.21. The molecule has 0 spiro atoms. The van der Waals surface area contributed by atoms with E-state index < -0.39 is 11.9 Å². The molecule has 176 valence electrons. The van der Waals surface area contributed by atoms with Gasteiger partial charge in [-0.15, -0.1) is 24.0 Å². The van der Waals surface area contributed by atoms with Gasteiger partial charge in [0.05, 0.1) is 0 Å². The Morgan fingerprint density at radius 2 is 1.94 bits per heavy atom. The van der Waals surface area contributed by atoms with E-state index in [0.29, 0.717) is 25.1 Å². The molecule has 0 radical (unpaired) electrons. The SMILES string of the molecule is CN=C(NCCNc1nccc(C(F)(F)F)n1)NC1CC(C)N(Cc2ccccc2)C1.I. The number of alkyl halides is 3. The highest BCUT2D eigenvalue weighted by atomic mass is 127. The third-order valence-electron chi connectivity index (χ3n) is 5.14. The minimum Gasteiger partial charge on any atom is -0.355 e. The fourth-order valence-electron chi connectivity index (χ4n) is 3.59. The van der Waals surface area contributed by atoms with Gasteiger partial charge in [0, 0.05) is 51.5 Å². The van der Waals surface area contributed by atoms with Crippen LogP contribution in [0.1, 0.15) is 24.6 Å². The first-order valence-corrected chi connectivity index (χ1v) is 10.2. The fraction of sp³-hybridized carbons (Fsp3) is 0.476. The van der Waals surface area contributed by atoms with Crippen LogP contribution < -0.4 is 16.0 Å². The number of guanidine groups is 1. The summed E-state index contributed by atoms with van der Waals surface area (Å²) in [4.78, 5) is 14.0. The van der Waals surface area contributed by atoms with Crippen molar-refractivity contribution < 1.29 is 13.2 Å². The van der Waals surface area contributed by atoms with E-state index in [-0.39, 0.29) is 36.0 Å². The van der Waals surface area contributed by atoms with Crippen LogP contribution in [0.2, 0.25) is 0 Å². The monoisotopic (exact) mass is 563 g/mol. The van der Waals surface area contributed by atoms with Crippen LogP contribution in [0.5, 0.6) is 0 Å². The minimum absolute atomic E-state index is 0. The first-order valence-electron chi connectivity index (χ1n) is 10.2. The number of aromatic nitrogens is 2. The molecule has 11 heteroatoms. The van der Waals surface area contributed by atoms with E-state index >= 15 is 0 Å². The Morgan fingerprint density at radius 1 is 1.19 bits per heavy atom. The molecule has 7 nitrogen and oxygen atoms in total. The average molecular weight is 563 g/mol. The molecule has 3 rings (SSSR count). The van der Waals surface area contributed by atoms with Crippen LogP contribution >= 0.6 is 24.0 Å². The quantitative estimate of drug-likeness (QED) is 0.208. The third kappa shape index (κ3) is 7.76. The third-order valence-corrected chi connectivity index (χ3v) is 5.14. The summed E-state index contributed by atoms with van der Waals surface area (Å²) in [7, 11) is 1.69. The molecule has 2 heterocycles. The van der Waals surface area contributed by atoms with Gasteiger partial charge in [-0.2, -0.15) is 13.2 Å². The Labute approximate surface area is 203 Å². The van der Waals surface area contributed by atoms with Crippen LogP contribution in [0, 0.1) is 0 Å². The molecule has 32 heavy (non-hydrogen) atoms. The van der Waals surface area contributed by atoms with Crippen LogP contribution in [-0.2, 0) is 12.7 Å². The summed E-state index contributed by atoms with van der Waals surface area (Å²) in [5.41, 5.74) is 0.325. The lowest BCUT2D eigenvalue weighted by molar-refractivity contribution is -0.141. The van der Waals surface area contributed by atoms with E-state index in [2.05, 4.69) is 67.0 Å². The zero-order valence-electron chi connectivity index (χ0n) is 18.1. The predicted octanol–water partition coefficient (Wildman–Crippen LogP) is 3.35. The van der Waals surface area contributed by atoms with E-state index in [0.717, 1.165) is 31.8 Å². The van der Waals surface area contributed by atoms with E-state index in [1.54, 1.807) is 7.05 Å². The van der Waals surface area contributed by atoms with E-state index in [1.165, 1.54) is 5.56 Å². The van der Waals surface area contributed by atoms with Gasteiger partial charge < -0.3 is 16.0 Å². The van der Waals surface area contributed by atoms with Crippen molar-refractivity contribution in [2.75, 3.05) is 32.0 Å². The highest BCUT2D eigenvalue weighted by Gasteiger charge is 2.33. The van der Waals surface area contributed by atoms with E-state index in [4.69, 9.17) is 0 Å².